The molecule has 0 unspecified atom stereocenters. The van der Waals surface area contributed by atoms with Crippen LogP contribution in [0.2, 0.25) is 0 Å². The molecule has 5 nitrogen and oxygen atoms in total. The Bertz CT molecular complexity index is 1070. The summed E-state index contributed by atoms with van der Waals surface area (Å²) in [5.74, 6) is 1.07. The number of ether oxygens (including phenoxy) is 2. The van der Waals surface area contributed by atoms with Crippen LogP contribution in [0.1, 0.15) is 41.6 Å². The van der Waals surface area contributed by atoms with E-state index in [-0.39, 0.29) is 18.1 Å². The van der Waals surface area contributed by atoms with Crippen molar-refractivity contribution in [2.45, 2.75) is 25.7 Å². The van der Waals surface area contributed by atoms with E-state index in [0.29, 0.717) is 35.8 Å². The molecule has 3 aromatic carbocycles. The first-order chi connectivity index (χ1) is 13.5. The number of Topliss-reactive ketones (excluding diaryl/α,β-unsaturated/α-hetero) is 1. The van der Waals surface area contributed by atoms with Gasteiger partial charge in [-0.2, -0.15) is 0 Å². The van der Waals surface area contributed by atoms with Crippen LogP contribution < -0.4 is 9.47 Å². The molecule has 0 amide bonds. The fourth-order valence-corrected chi connectivity index (χ4v) is 3.72. The van der Waals surface area contributed by atoms with Gasteiger partial charge in [0.1, 0.15) is 17.2 Å². The van der Waals surface area contributed by atoms with E-state index in [4.69, 9.17) is 14.6 Å². The monoisotopic (exact) mass is 376 g/mol. The first-order valence-electron chi connectivity index (χ1n) is 9.22. The molecule has 0 aliphatic carbocycles. The zero-order chi connectivity index (χ0) is 19.7. The zero-order valence-corrected chi connectivity index (χ0v) is 15.5. The maximum absolute atomic E-state index is 11.9. The van der Waals surface area contributed by atoms with E-state index >= 15 is 0 Å². The Labute approximate surface area is 162 Å². The van der Waals surface area contributed by atoms with Gasteiger partial charge in [-0.25, -0.2) is 0 Å². The largest absolute Gasteiger partial charge is 0.493 e. The Kier molecular flexibility index (Phi) is 4.74. The van der Waals surface area contributed by atoms with Crippen molar-refractivity contribution in [3.8, 4) is 17.2 Å². The first kappa shape index (κ1) is 18.0. The fourth-order valence-electron chi connectivity index (χ4n) is 3.72. The molecule has 1 aliphatic heterocycles. The summed E-state index contributed by atoms with van der Waals surface area (Å²) in [5, 5.41) is 10.8. The quantitative estimate of drug-likeness (QED) is 0.622. The van der Waals surface area contributed by atoms with Crippen molar-refractivity contribution >= 4 is 22.5 Å². The number of hydrogen-bond donors (Lipinski definition) is 1. The Hall–Kier alpha value is -3.34. The summed E-state index contributed by atoms with van der Waals surface area (Å²) in [4.78, 5) is 23.0. The minimum Gasteiger partial charge on any atom is -0.493 e. The van der Waals surface area contributed by atoms with Gasteiger partial charge in [-0.05, 0) is 42.5 Å². The number of aliphatic carboxylic acids is 1. The lowest BCUT2D eigenvalue weighted by Crippen LogP contribution is -2.16. The number of rotatable bonds is 5. The molecule has 0 fully saturated rings. The molecule has 0 saturated carbocycles. The molecule has 1 atom stereocenters. The van der Waals surface area contributed by atoms with Gasteiger partial charge in [-0.15, -0.1) is 0 Å². The molecular formula is C23H20O5. The smallest absolute Gasteiger partial charge is 0.303 e. The molecule has 0 saturated heterocycles. The van der Waals surface area contributed by atoms with Gasteiger partial charge in [0, 0.05) is 22.9 Å². The topological polar surface area (TPSA) is 72.8 Å². The van der Waals surface area contributed by atoms with Gasteiger partial charge in [0.25, 0.3) is 0 Å². The lowest BCUT2D eigenvalue weighted by atomic mass is 9.90. The van der Waals surface area contributed by atoms with E-state index in [1.165, 1.54) is 0 Å². The third-order valence-corrected chi connectivity index (χ3v) is 5.06. The molecule has 142 valence electrons. The minimum absolute atomic E-state index is 0.00871. The maximum Gasteiger partial charge on any atom is 0.303 e. The van der Waals surface area contributed by atoms with Crippen LogP contribution in [0.5, 0.6) is 17.2 Å². The Morgan fingerprint density at radius 3 is 2.64 bits per heavy atom. The van der Waals surface area contributed by atoms with Gasteiger partial charge in [0.15, 0.2) is 5.78 Å². The third kappa shape index (κ3) is 3.43. The highest BCUT2D eigenvalue weighted by molar-refractivity contribution is 6.08. The highest BCUT2D eigenvalue weighted by atomic mass is 16.5. The molecule has 5 heteroatoms. The van der Waals surface area contributed by atoms with E-state index < -0.39 is 5.97 Å². The maximum atomic E-state index is 11.9. The summed E-state index contributed by atoms with van der Waals surface area (Å²) < 4.78 is 11.8. The van der Waals surface area contributed by atoms with Crippen molar-refractivity contribution < 1.29 is 24.2 Å². The van der Waals surface area contributed by atoms with Crippen LogP contribution in [0.15, 0.2) is 54.6 Å². The Morgan fingerprint density at radius 1 is 1.11 bits per heavy atom. The van der Waals surface area contributed by atoms with Crippen LogP contribution in [0, 0.1) is 0 Å². The zero-order valence-electron chi connectivity index (χ0n) is 15.5. The summed E-state index contributed by atoms with van der Waals surface area (Å²) in [6, 6.07) is 16.7. The van der Waals surface area contributed by atoms with Gasteiger partial charge >= 0.3 is 5.97 Å². The second-order valence-corrected chi connectivity index (χ2v) is 6.95. The summed E-state index contributed by atoms with van der Waals surface area (Å²) in [6.07, 6.45) is 0.782. The van der Waals surface area contributed by atoms with Crippen LogP contribution in [-0.2, 0) is 4.79 Å². The van der Waals surface area contributed by atoms with Gasteiger partial charge in [0.05, 0.1) is 13.0 Å². The second-order valence-electron chi connectivity index (χ2n) is 6.95. The number of ketones is 1. The number of benzene rings is 3. The molecule has 1 N–H and O–H groups in total. The van der Waals surface area contributed by atoms with Gasteiger partial charge in [-0.1, -0.05) is 30.3 Å². The molecule has 0 bridgehead atoms. The fraction of sp³-hybridized carbons (Fsp3) is 0.217. The number of carboxylic acids is 1. The summed E-state index contributed by atoms with van der Waals surface area (Å²) in [6.45, 7) is 2.04. The van der Waals surface area contributed by atoms with Gasteiger partial charge in [-0.3, -0.25) is 9.59 Å². The first-order valence-corrected chi connectivity index (χ1v) is 9.22. The molecular weight excluding hydrogens is 356 g/mol. The van der Waals surface area contributed by atoms with E-state index in [2.05, 4.69) is 0 Å². The van der Waals surface area contributed by atoms with Crippen LogP contribution in [0.3, 0.4) is 0 Å². The van der Waals surface area contributed by atoms with Crippen LogP contribution >= 0.6 is 0 Å². The van der Waals surface area contributed by atoms with Crippen molar-refractivity contribution in [3.63, 3.8) is 0 Å². The van der Waals surface area contributed by atoms with Crippen molar-refractivity contribution in [2.24, 2.45) is 0 Å². The number of carboxylic acid groups (broad SMARTS) is 1. The standard InChI is InChI=1S/C23H20O5/c1-14(24)17-8-9-21(20-5-3-2-4-19(17)20)28-16-6-7-18-15(12-23(25)26)10-11-27-22(18)13-16/h2-9,13,15H,10-12H2,1H3,(H,25,26)/t15-/m0/s1. The van der Waals surface area contributed by atoms with Crippen molar-refractivity contribution in [1.82, 2.24) is 0 Å². The van der Waals surface area contributed by atoms with Crippen molar-refractivity contribution in [3.05, 3.63) is 65.7 Å². The normalized spacial score (nSPS) is 15.5. The average molecular weight is 376 g/mol. The van der Waals surface area contributed by atoms with Gasteiger partial charge < -0.3 is 14.6 Å². The predicted octanol–water partition coefficient (Wildman–Crippen LogP) is 5.18. The second kappa shape index (κ2) is 7.35. The number of fused-ring (bicyclic) bond motifs is 2. The van der Waals surface area contributed by atoms with E-state index in [1.54, 1.807) is 25.1 Å². The molecule has 1 heterocycles. The van der Waals surface area contributed by atoms with E-state index in [1.807, 2.05) is 36.4 Å². The summed E-state index contributed by atoms with van der Waals surface area (Å²) in [7, 11) is 0. The molecule has 0 spiro atoms. The SMILES string of the molecule is CC(=O)c1ccc(Oc2ccc3c(c2)OCC[C@H]3CC(=O)O)c2ccccc12. The van der Waals surface area contributed by atoms with Crippen LogP contribution in [-0.4, -0.2) is 23.5 Å². The molecule has 4 rings (SSSR count). The van der Waals surface area contributed by atoms with Crippen LogP contribution in [0.25, 0.3) is 10.8 Å². The lowest BCUT2D eigenvalue weighted by molar-refractivity contribution is -0.137. The molecule has 1 aliphatic rings. The minimum atomic E-state index is -0.810. The highest BCUT2D eigenvalue weighted by Gasteiger charge is 2.24. The summed E-state index contributed by atoms with van der Waals surface area (Å²) in [5.41, 5.74) is 1.56. The lowest BCUT2D eigenvalue weighted by Gasteiger charge is -2.25. The number of carbonyl (C=O) groups is 2. The third-order valence-electron chi connectivity index (χ3n) is 5.06. The van der Waals surface area contributed by atoms with Crippen molar-refractivity contribution in [2.75, 3.05) is 6.61 Å². The highest BCUT2D eigenvalue weighted by Crippen LogP contribution is 2.40. The van der Waals surface area contributed by atoms with E-state index in [9.17, 15) is 9.59 Å². The van der Waals surface area contributed by atoms with E-state index in [0.717, 1.165) is 16.3 Å². The Balaban J connectivity index is 1.68. The summed E-state index contributed by atoms with van der Waals surface area (Å²) >= 11 is 0. The molecule has 28 heavy (non-hydrogen) atoms. The predicted molar refractivity (Wildman–Crippen MR) is 106 cm³/mol. The average Bonchev–Trinajstić information content (AvgIpc) is 2.67. The van der Waals surface area contributed by atoms with Gasteiger partial charge in [0.2, 0.25) is 0 Å². The van der Waals surface area contributed by atoms with Crippen LogP contribution in [0.4, 0.5) is 0 Å². The molecule has 3 aromatic rings. The molecule has 0 aromatic heterocycles. The number of carbonyl (C=O) groups excluding carboxylic acids is 1. The Morgan fingerprint density at radius 2 is 1.89 bits per heavy atom. The number of hydrogen-bond acceptors (Lipinski definition) is 4. The van der Waals surface area contributed by atoms with Crippen molar-refractivity contribution in [1.29, 1.82) is 0 Å². The molecule has 0 radical (unpaired) electrons.